The summed E-state index contributed by atoms with van der Waals surface area (Å²) in [5.41, 5.74) is 1.33. The summed E-state index contributed by atoms with van der Waals surface area (Å²) < 4.78 is 10.4. The fraction of sp³-hybridized carbons (Fsp3) is 0.353. The van der Waals surface area contributed by atoms with E-state index in [1.807, 2.05) is 0 Å². The van der Waals surface area contributed by atoms with Gasteiger partial charge in [-0.3, -0.25) is 15.1 Å². The van der Waals surface area contributed by atoms with Crippen molar-refractivity contribution in [3.63, 3.8) is 0 Å². The number of hydrogen-bond acceptors (Lipinski definition) is 6. The van der Waals surface area contributed by atoms with E-state index in [1.54, 1.807) is 37.4 Å². The Morgan fingerprint density at radius 1 is 1.31 bits per heavy atom. The highest BCUT2D eigenvalue weighted by Crippen LogP contribution is 2.29. The zero-order chi connectivity index (χ0) is 18.7. The van der Waals surface area contributed by atoms with Gasteiger partial charge in [0.15, 0.2) is 6.23 Å². The molecule has 1 aromatic rings. The number of likely N-dealkylation sites (N-methyl/N-ethyl adjacent to an activating group) is 1. The summed E-state index contributed by atoms with van der Waals surface area (Å²) in [6.07, 6.45) is 0.220. The third-order valence-corrected chi connectivity index (χ3v) is 4.61. The van der Waals surface area contributed by atoms with E-state index in [0.29, 0.717) is 36.1 Å². The number of rotatable bonds is 6. The van der Waals surface area contributed by atoms with Crippen LogP contribution < -0.4 is 20.4 Å². The van der Waals surface area contributed by atoms with Crippen molar-refractivity contribution in [2.24, 2.45) is 0 Å². The van der Waals surface area contributed by atoms with Crippen molar-refractivity contribution in [1.29, 1.82) is 0 Å². The molecule has 2 heterocycles. The van der Waals surface area contributed by atoms with Crippen LogP contribution in [0.3, 0.4) is 0 Å². The number of anilines is 2. The lowest BCUT2D eigenvalue weighted by Gasteiger charge is -2.25. The van der Waals surface area contributed by atoms with Crippen molar-refractivity contribution in [3.05, 3.63) is 36.9 Å². The second-order valence-electron chi connectivity index (χ2n) is 5.71. The first kappa shape index (κ1) is 18.2. The van der Waals surface area contributed by atoms with E-state index in [0.717, 1.165) is 0 Å². The number of carbonyl (C=O) groups excluding carboxylic acids is 2. The zero-order valence-electron chi connectivity index (χ0n) is 14.3. The first-order chi connectivity index (χ1) is 12.6. The molecule has 0 aliphatic carbocycles. The predicted octanol–water partition coefficient (Wildman–Crippen LogP) is 1.62. The van der Waals surface area contributed by atoms with Gasteiger partial charge in [-0.1, -0.05) is 18.3 Å². The number of thiocarbonyl (C=S) groups is 1. The minimum absolute atomic E-state index is 0.369. The van der Waals surface area contributed by atoms with Crippen LogP contribution in [0.4, 0.5) is 21.0 Å². The summed E-state index contributed by atoms with van der Waals surface area (Å²) in [4.78, 5) is 27.6. The van der Waals surface area contributed by atoms with Gasteiger partial charge in [0.2, 0.25) is 0 Å². The number of carbonyl (C=O) groups is 2. The molecular formula is C17H20N4O4S. The van der Waals surface area contributed by atoms with Crippen molar-refractivity contribution >= 4 is 40.8 Å². The molecule has 9 heteroatoms. The number of hydrogen-bond donors (Lipinski definition) is 2. The molecule has 1 aromatic carbocycles. The Balaban J connectivity index is 1.85. The van der Waals surface area contributed by atoms with Crippen LogP contribution in [0.25, 0.3) is 0 Å². The normalized spacial score (nSPS) is 22.2. The largest absolute Gasteiger partial charge is 0.447 e. The summed E-state index contributed by atoms with van der Waals surface area (Å²) in [6.45, 7) is 5.00. The molecule has 2 aliphatic heterocycles. The summed E-state index contributed by atoms with van der Waals surface area (Å²) in [7, 11) is 1.70. The van der Waals surface area contributed by atoms with Crippen molar-refractivity contribution in [2.45, 2.75) is 12.3 Å². The van der Waals surface area contributed by atoms with Crippen LogP contribution in [0.15, 0.2) is 36.9 Å². The average Bonchev–Trinajstić information content (AvgIpc) is 3.22. The summed E-state index contributed by atoms with van der Waals surface area (Å²) in [6, 6.07) is 6.54. The van der Waals surface area contributed by atoms with Gasteiger partial charge in [-0.2, -0.15) is 0 Å². The van der Waals surface area contributed by atoms with Crippen LogP contribution in [0.2, 0.25) is 0 Å². The molecule has 2 atom stereocenters. The van der Waals surface area contributed by atoms with E-state index >= 15 is 0 Å². The van der Waals surface area contributed by atoms with Gasteiger partial charge in [0, 0.05) is 25.0 Å². The molecular weight excluding hydrogens is 356 g/mol. The quantitative estimate of drug-likeness (QED) is 0.577. The van der Waals surface area contributed by atoms with Crippen LogP contribution in [-0.4, -0.2) is 56.2 Å². The minimum atomic E-state index is -0.589. The number of nitrogens with one attached hydrogen (secondary N) is 2. The molecule has 1 unspecified atom stereocenters. The first-order valence-electron chi connectivity index (χ1n) is 8.17. The van der Waals surface area contributed by atoms with E-state index in [-0.39, 0.29) is 6.09 Å². The topological polar surface area (TPSA) is 83.1 Å². The Bertz CT molecular complexity index is 724. The smallest absolute Gasteiger partial charge is 0.416 e. The fourth-order valence-electron chi connectivity index (χ4n) is 2.92. The van der Waals surface area contributed by atoms with E-state index in [9.17, 15) is 9.59 Å². The van der Waals surface area contributed by atoms with Crippen LogP contribution in [-0.2, 0) is 9.47 Å². The van der Waals surface area contributed by atoms with E-state index in [1.165, 1.54) is 9.80 Å². The van der Waals surface area contributed by atoms with E-state index in [2.05, 4.69) is 17.2 Å². The van der Waals surface area contributed by atoms with Crippen molar-refractivity contribution in [3.8, 4) is 0 Å². The Hall–Kier alpha value is -2.65. The van der Waals surface area contributed by atoms with Gasteiger partial charge < -0.3 is 14.8 Å². The molecule has 0 radical (unpaired) electrons. The van der Waals surface area contributed by atoms with Crippen molar-refractivity contribution in [1.82, 2.24) is 10.6 Å². The molecule has 2 aliphatic rings. The molecule has 0 bridgehead atoms. The molecule has 2 amide bonds. The van der Waals surface area contributed by atoms with Gasteiger partial charge in [-0.05, 0) is 24.3 Å². The number of nitrogens with zero attached hydrogens (tertiary/aromatic N) is 2. The molecule has 0 aromatic heterocycles. The fourth-order valence-corrected chi connectivity index (χ4v) is 3.15. The number of benzene rings is 1. The lowest BCUT2D eigenvalue weighted by Crippen LogP contribution is -2.51. The molecule has 0 saturated carbocycles. The number of amides is 2. The van der Waals surface area contributed by atoms with Gasteiger partial charge in [-0.15, -0.1) is 6.58 Å². The summed E-state index contributed by atoms with van der Waals surface area (Å²) in [5, 5.41) is 6.01. The Labute approximate surface area is 156 Å². The minimum Gasteiger partial charge on any atom is -0.447 e. The zero-order valence-corrected chi connectivity index (χ0v) is 15.1. The van der Waals surface area contributed by atoms with E-state index in [4.69, 9.17) is 21.7 Å². The Kier molecular flexibility index (Phi) is 5.38. The Morgan fingerprint density at radius 3 is 2.58 bits per heavy atom. The van der Waals surface area contributed by atoms with Gasteiger partial charge >= 0.3 is 12.2 Å². The molecule has 26 heavy (non-hydrogen) atoms. The lowest BCUT2D eigenvalue weighted by molar-refractivity contribution is 0.120. The van der Waals surface area contributed by atoms with Gasteiger partial charge in [0.25, 0.3) is 0 Å². The average molecular weight is 376 g/mol. The van der Waals surface area contributed by atoms with Gasteiger partial charge in [0.05, 0.1) is 6.54 Å². The standard InChI is InChI=1S/C17H20N4O4S/c1-3-8-19-14-13(15(26)18-2)21(17(23)25-14)12-6-4-11(5-7-12)20-9-10-24-16(20)22/h3-7,13-14,19H,1,8-10H2,2H3,(H,18,26)/t13?,14-/m0/s1. The van der Waals surface area contributed by atoms with Crippen LogP contribution in [0.1, 0.15) is 0 Å². The third-order valence-electron chi connectivity index (χ3n) is 4.17. The molecule has 2 saturated heterocycles. The SMILES string of the molecule is C=CCN[C@H]1OC(=O)N(c2ccc(N3CCOC3=O)cc2)C1C(=S)NC. The molecule has 2 fully saturated rings. The monoisotopic (exact) mass is 376 g/mol. The van der Waals surface area contributed by atoms with Gasteiger partial charge in [-0.25, -0.2) is 9.59 Å². The highest BCUT2D eigenvalue weighted by molar-refractivity contribution is 7.80. The maximum Gasteiger partial charge on any atom is 0.416 e. The molecule has 3 rings (SSSR count). The number of cyclic esters (lactones) is 2. The molecule has 8 nitrogen and oxygen atoms in total. The van der Waals surface area contributed by atoms with Crippen molar-refractivity contribution < 1.29 is 19.1 Å². The van der Waals surface area contributed by atoms with Crippen LogP contribution >= 0.6 is 12.2 Å². The predicted molar refractivity (Wildman–Crippen MR) is 102 cm³/mol. The van der Waals surface area contributed by atoms with Crippen molar-refractivity contribution in [2.75, 3.05) is 36.5 Å². The third kappa shape index (κ3) is 3.35. The first-order valence-corrected chi connectivity index (χ1v) is 8.57. The molecule has 138 valence electrons. The number of ether oxygens (including phenoxy) is 2. The molecule has 0 spiro atoms. The van der Waals surface area contributed by atoms with Crippen LogP contribution in [0.5, 0.6) is 0 Å². The molecule has 2 N–H and O–H groups in total. The summed E-state index contributed by atoms with van der Waals surface area (Å²) >= 11 is 5.38. The second-order valence-corrected chi connectivity index (χ2v) is 6.15. The maximum atomic E-state index is 12.4. The second kappa shape index (κ2) is 7.71. The maximum absolute atomic E-state index is 12.4. The van der Waals surface area contributed by atoms with E-state index < -0.39 is 18.4 Å². The highest BCUT2D eigenvalue weighted by Gasteiger charge is 2.44. The highest BCUT2D eigenvalue weighted by atomic mass is 32.1. The van der Waals surface area contributed by atoms with Crippen LogP contribution in [0, 0.1) is 0 Å². The lowest BCUT2D eigenvalue weighted by atomic mass is 10.2. The van der Waals surface area contributed by atoms with Gasteiger partial charge in [0.1, 0.15) is 17.6 Å². The Morgan fingerprint density at radius 2 is 2.00 bits per heavy atom. The summed E-state index contributed by atoms with van der Waals surface area (Å²) in [5.74, 6) is 0.